The number of nitrogens with one attached hydrogen (secondary N) is 2. The largest absolute Gasteiger partial charge is 0.489 e. The van der Waals surface area contributed by atoms with Crippen molar-refractivity contribution in [3.63, 3.8) is 0 Å². The zero-order valence-electron chi connectivity index (χ0n) is 24.9. The number of halogens is 1. The Labute approximate surface area is 257 Å². The number of hydrogen-bond acceptors (Lipinski definition) is 7. The lowest BCUT2D eigenvalue weighted by molar-refractivity contribution is -0.142. The lowest BCUT2D eigenvalue weighted by atomic mass is 9.95. The average molecular weight is 605 g/mol. The van der Waals surface area contributed by atoms with Gasteiger partial charge in [0.05, 0.1) is 6.04 Å². The monoisotopic (exact) mass is 604 g/mol. The molecule has 3 aromatic carbocycles. The van der Waals surface area contributed by atoms with E-state index >= 15 is 4.39 Å². The van der Waals surface area contributed by atoms with Gasteiger partial charge in [0, 0.05) is 33.0 Å². The van der Waals surface area contributed by atoms with Crippen molar-refractivity contribution in [1.82, 2.24) is 15.5 Å². The molecule has 10 nitrogen and oxygen atoms in total. The van der Waals surface area contributed by atoms with Crippen LogP contribution in [0, 0.1) is 5.82 Å². The fourth-order valence-corrected chi connectivity index (χ4v) is 5.22. The molecule has 0 spiro atoms. The van der Waals surface area contributed by atoms with Gasteiger partial charge in [0.1, 0.15) is 30.3 Å². The maximum Gasteiger partial charge on any atom is 0.245 e. The minimum absolute atomic E-state index is 0.0967. The summed E-state index contributed by atoms with van der Waals surface area (Å²) in [5, 5.41) is 5.49. The van der Waals surface area contributed by atoms with Gasteiger partial charge in [0.25, 0.3) is 0 Å². The van der Waals surface area contributed by atoms with Crippen LogP contribution in [0.4, 0.5) is 4.39 Å². The van der Waals surface area contributed by atoms with Gasteiger partial charge < -0.3 is 37.5 Å². The van der Waals surface area contributed by atoms with E-state index in [0.29, 0.717) is 36.4 Å². The summed E-state index contributed by atoms with van der Waals surface area (Å²) in [7, 11) is 1.47. The number of fused-ring (bicyclic) bond motifs is 5. The Bertz CT molecular complexity index is 1450. The fourth-order valence-electron chi connectivity index (χ4n) is 5.22. The van der Waals surface area contributed by atoms with E-state index in [0.717, 1.165) is 11.1 Å². The number of rotatable bonds is 9. The van der Waals surface area contributed by atoms with Crippen molar-refractivity contribution < 1.29 is 23.5 Å². The minimum Gasteiger partial charge on any atom is -0.489 e. The fraction of sp³-hybridized carbons (Fsp3) is 0.364. The summed E-state index contributed by atoms with van der Waals surface area (Å²) in [6, 6.07) is 16.8. The summed E-state index contributed by atoms with van der Waals surface area (Å²) in [6.07, 6.45) is 0.705. The van der Waals surface area contributed by atoms with Crippen LogP contribution in [0.2, 0.25) is 0 Å². The van der Waals surface area contributed by atoms with Crippen LogP contribution in [-0.4, -0.2) is 67.4 Å². The van der Waals surface area contributed by atoms with Gasteiger partial charge in [-0.15, -0.1) is 0 Å². The topological polar surface area (TPSA) is 166 Å². The number of carbonyl (C=O) groups is 3. The van der Waals surface area contributed by atoms with Crippen LogP contribution in [0.15, 0.2) is 66.7 Å². The number of hydrogen-bond donors (Lipinski definition) is 5. The maximum atomic E-state index is 15.2. The van der Waals surface area contributed by atoms with Crippen molar-refractivity contribution in [3.05, 3.63) is 89.2 Å². The van der Waals surface area contributed by atoms with Crippen LogP contribution in [0.5, 0.6) is 5.75 Å². The molecule has 0 radical (unpaired) electrons. The first-order chi connectivity index (χ1) is 21.2. The van der Waals surface area contributed by atoms with Crippen LogP contribution in [0.3, 0.4) is 0 Å². The summed E-state index contributed by atoms with van der Waals surface area (Å²) in [4.78, 5) is 41.7. The Hall–Kier alpha value is -4.32. The summed E-state index contributed by atoms with van der Waals surface area (Å²) < 4.78 is 21.4. The molecular weight excluding hydrogens is 563 g/mol. The predicted octanol–water partition coefficient (Wildman–Crippen LogP) is 1.62. The quantitative estimate of drug-likeness (QED) is 0.248. The third-order valence-corrected chi connectivity index (χ3v) is 7.74. The molecule has 0 aliphatic carbocycles. The second-order valence-corrected chi connectivity index (χ2v) is 11.0. The molecule has 3 amide bonds. The van der Waals surface area contributed by atoms with Crippen LogP contribution < -0.4 is 32.6 Å². The molecule has 44 heavy (non-hydrogen) atoms. The number of ether oxygens (including phenoxy) is 1. The zero-order valence-corrected chi connectivity index (χ0v) is 24.9. The predicted molar refractivity (Wildman–Crippen MR) is 167 cm³/mol. The molecule has 0 fully saturated rings. The first-order valence-electron chi connectivity index (χ1n) is 14.8. The molecule has 0 aromatic heterocycles. The third-order valence-electron chi connectivity index (χ3n) is 7.74. The van der Waals surface area contributed by atoms with Gasteiger partial charge in [0.15, 0.2) is 0 Å². The van der Waals surface area contributed by atoms with Crippen molar-refractivity contribution in [2.75, 3.05) is 26.7 Å². The zero-order chi connectivity index (χ0) is 31.6. The molecule has 0 saturated heterocycles. The molecule has 1 aliphatic heterocycles. The van der Waals surface area contributed by atoms with E-state index in [-0.39, 0.29) is 37.9 Å². The van der Waals surface area contributed by atoms with Gasteiger partial charge in [-0.2, -0.15) is 0 Å². The molecule has 0 saturated carbocycles. The van der Waals surface area contributed by atoms with Crippen LogP contribution in [-0.2, 0) is 33.8 Å². The highest BCUT2D eigenvalue weighted by Crippen LogP contribution is 2.30. The summed E-state index contributed by atoms with van der Waals surface area (Å²) in [5.74, 6) is -1.47. The average Bonchev–Trinajstić information content (AvgIpc) is 3.03. The first-order valence-corrected chi connectivity index (χ1v) is 14.8. The van der Waals surface area contributed by atoms with Crippen molar-refractivity contribution >= 4 is 17.7 Å². The lowest BCUT2D eigenvalue weighted by Crippen LogP contribution is -2.57. The molecule has 11 heteroatoms. The van der Waals surface area contributed by atoms with Gasteiger partial charge >= 0.3 is 0 Å². The Balaban J connectivity index is 1.78. The second kappa shape index (κ2) is 15.4. The highest BCUT2D eigenvalue weighted by molar-refractivity contribution is 5.93. The number of benzene rings is 3. The van der Waals surface area contributed by atoms with E-state index < -0.39 is 41.7 Å². The van der Waals surface area contributed by atoms with Crippen molar-refractivity contribution in [1.29, 1.82) is 0 Å². The van der Waals surface area contributed by atoms with Gasteiger partial charge in [0.2, 0.25) is 17.7 Å². The second-order valence-electron chi connectivity index (χ2n) is 11.0. The molecule has 1 heterocycles. The Kier molecular flexibility index (Phi) is 11.4. The molecule has 4 rings (SSSR count). The molecule has 3 atom stereocenters. The van der Waals surface area contributed by atoms with Crippen LogP contribution in [0.1, 0.15) is 29.5 Å². The third kappa shape index (κ3) is 8.19. The van der Waals surface area contributed by atoms with E-state index in [9.17, 15) is 14.4 Å². The number of likely N-dealkylation sites (N-methyl/N-ethyl adjacent to an activating group) is 1. The van der Waals surface area contributed by atoms with E-state index in [1.807, 2.05) is 48.5 Å². The maximum absolute atomic E-state index is 15.2. The molecule has 234 valence electrons. The molecule has 8 N–H and O–H groups in total. The molecule has 3 aromatic rings. The van der Waals surface area contributed by atoms with E-state index in [4.69, 9.17) is 21.9 Å². The molecule has 2 unspecified atom stereocenters. The highest BCUT2D eigenvalue weighted by Gasteiger charge is 2.33. The Morgan fingerprint density at radius 3 is 2.41 bits per heavy atom. The van der Waals surface area contributed by atoms with Crippen molar-refractivity contribution in [3.8, 4) is 16.9 Å². The summed E-state index contributed by atoms with van der Waals surface area (Å²) >= 11 is 0. The number of nitrogens with zero attached hydrogens (tertiary/aromatic N) is 1. The SMILES string of the molecule is CN1C(=O)[C@H](CCCN)NC(=O)C(N)Cc2cc(ccc2OCc2ccccc2)-c2ccc(F)c(c2)CC1C(=O)NCCN. The minimum atomic E-state index is -1.07. The molecule has 4 bridgehead atoms. The highest BCUT2D eigenvalue weighted by atomic mass is 19.1. The number of nitrogens with two attached hydrogens (primary N) is 3. The van der Waals surface area contributed by atoms with Crippen molar-refractivity contribution in [2.45, 2.75) is 50.4 Å². The smallest absolute Gasteiger partial charge is 0.245 e. The Morgan fingerprint density at radius 1 is 1.00 bits per heavy atom. The lowest BCUT2D eigenvalue weighted by Gasteiger charge is -2.31. The van der Waals surface area contributed by atoms with Gasteiger partial charge in [-0.05, 0) is 71.5 Å². The number of amides is 3. The van der Waals surface area contributed by atoms with E-state index in [1.54, 1.807) is 12.1 Å². The van der Waals surface area contributed by atoms with Crippen molar-refractivity contribution in [2.24, 2.45) is 17.2 Å². The molecular formula is C33H41FN6O4. The standard InChI is InChI=1S/C33H41FN6O4/c1-40-29(32(42)38-15-14-36)19-24-16-22(9-11-26(24)34)23-10-12-30(44-20-21-6-3-2-4-7-21)25(17-23)18-27(37)31(41)39-28(33(40)43)8-5-13-35/h2-4,6-7,9-12,16-17,27-29H,5,8,13-15,18-20,35-37H2,1H3,(H,38,42)(H,39,41)/t27?,28-,29?/m0/s1. The van der Waals surface area contributed by atoms with Crippen LogP contribution in [0.25, 0.3) is 11.1 Å². The van der Waals surface area contributed by atoms with E-state index in [2.05, 4.69) is 10.6 Å². The number of carbonyl (C=O) groups excluding carboxylic acids is 3. The Morgan fingerprint density at radius 2 is 1.70 bits per heavy atom. The first kappa shape index (κ1) is 32.6. The normalized spacial score (nSPS) is 19.0. The summed E-state index contributed by atoms with van der Waals surface area (Å²) in [5.41, 5.74) is 21.1. The van der Waals surface area contributed by atoms with Gasteiger partial charge in [-0.25, -0.2) is 4.39 Å². The van der Waals surface area contributed by atoms with E-state index in [1.165, 1.54) is 18.0 Å². The summed E-state index contributed by atoms with van der Waals surface area (Å²) in [6.45, 7) is 0.984. The molecule has 1 aliphatic rings. The van der Waals surface area contributed by atoms with Gasteiger partial charge in [-0.3, -0.25) is 14.4 Å². The van der Waals surface area contributed by atoms with Crippen LogP contribution >= 0.6 is 0 Å². The van der Waals surface area contributed by atoms with Gasteiger partial charge in [-0.1, -0.05) is 42.5 Å².